The lowest BCUT2D eigenvalue weighted by Crippen LogP contribution is -2.59. The van der Waals surface area contributed by atoms with Gasteiger partial charge in [0.05, 0.1) is 25.4 Å². The molecule has 0 saturated carbocycles. The Hall–Kier alpha value is -1.83. The quantitative estimate of drug-likeness (QED) is 0.0668. The maximum Gasteiger partial charge on any atom is 0.333 e. The molecule has 3 saturated heterocycles. The highest BCUT2D eigenvalue weighted by Crippen LogP contribution is 2.25. The molecule has 7 N–H and O–H groups in total. The van der Waals surface area contributed by atoms with Crippen LogP contribution in [0.1, 0.15) is 58.3 Å². The molecule has 10 atom stereocenters. The molecule has 3 aliphatic heterocycles. The molecular weight excluding hydrogens is 576 g/mol. The number of nitrogens with zero attached hydrogens (tertiary/aromatic N) is 2. The van der Waals surface area contributed by atoms with Crippen LogP contribution in [0, 0.1) is 0 Å². The molecule has 0 bridgehead atoms. The summed E-state index contributed by atoms with van der Waals surface area (Å²) in [5.74, 6) is -1.74. The van der Waals surface area contributed by atoms with Gasteiger partial charge in [-0.3, -0.25) is 9.59 Å². The van der Waals surface area contributed by atoms with Crippen LogP contribution in [0.4, 0.5) is 0 Å². The van der Waals surface area contributed by atoms with Gasteiger partial charge in [-0.15, -0.1) is 5.06 Å². The predicted octanol–water partition coefficient (Wildman–Crippen LogP) is -3.08. The van der Waals surface area contributed by atoms with Gasteiger partial charge in [0.15, 0.2) is 6.29 Å². The highest BCUT2D eigenvalue weighted by molar-refractivity contribution is 6.01. The van der Waals surface area contributed by atoms with Crippen molar-refractivity contribution in [3.8, 4) is 0 Å². The summed E-state index contributed by atoms with van der Waals surface area (Å²) in [6.07, 6.45) is -9.18. The molecule has 3 heterocycles. The number of aliphatic hydroxyl groups excluding tert-OH is 7. The lowest BCUT2D eigenvalue weighted by atomic mass is 9.93. The Morgan fingerprint density at radius 1 is 0.814 bits per heavy atom. The molecule has 16 nitrogen and oxygen atoms in total. The topological polar surface area (TPSA) is 236 Å². The summed E-state index contributed by atoms with van der Waals surface area (Å²) in [5.41, 5.74) is 0. The third-order valence-electron chi connectivity index (χ3n) is 8.01. The average molecular weight is 623 g/mol. The van der Waals surface area contributed by atoms with E-state index in [1.54, 1.807) is 6.92 Å². The number of amides is 2. The maximum atomic E-state index is 12.0. The molecule has 0 radical (unpaired) electrons. The largest absolute Gasteiger partial charge is 0.394 e. The molecule has 43 heavy (non-hydrogen) atoms. The van der Waals surface area contributed by atoms with Crippen LogP contribution in [0.2, 0.25) is 0 Å². The Morgan fingerprint density at radius 2 is 1.44 bits per heavy atom. The molecule has 3 fully saturated rings. The maximum absolute atomic E-state index is 12.0. The third kappa shape index (κ3) is 9.83. The number of carbonyl (C=O) groups excluding carboxylic acids is 3. The molecule has 16 heteroatoms. The van der Waals surface area contributed by atoms with Gasteiger partial charge in [-0.1, -0.05) is 6.42 Å². The van der Waals surface area contributed by atoms with Gasteiger partial charge in [-0.25, -0.2) is 4.79 Å². The van der Waals surface area contributed by atoms with Crippen molar-refractivity contribution < 1.29 is 69.2 Å². The Morgan fingerprint density at radius 3 is 2.12 bits per heavy atom. The van der Waals surface area contributed by atoms with Crippen molar-refractivity contribution in [1.29, 1.82) is 0 Å². The molecule has 0 spiro atoms. The molecule has 0 aliphatic carbocycles. The van der Waals surface area contributed by atoms with E-state index in [1.165, 1.54) is 0 Å². The highest BCUT2D eigenvalue weighted by Gasteiger charge is 2.44. The third-order valence-corrected chi connectivity index (χ3v) is 8.01. The van der Waals surface area contributed by atoms with Crippen molar-refractivity contribution in [3.05, 3.63) is 0 Å². The zero-order valence-corrected chi connectivity index (χ0v) is 24.3. The van der Waals surface area contributed by atoms with E-state index in [0.717, 1.165) is 0 Å². The molecule has 0 aromatic heterocycles. The number of hydroxylamine groups is 2. The van der Waals surface area contributed by atoms with E-state index in [-0.39, 0.29) is 25.9 Å². The Balaban J connectivity index is 1.45. The van der Waals surface area contributed by atoms with Gasteiger partial charge in [0.1, 0.15) is 42.7 Å². The monoisotopic (exact) mass is 622 g/mol. The Kier molecular flexibility index (Phi) is 14.1. The van der Waals surface area contributed by atoms with E-state index >= 15 is 0 Å². The first-order valence-electron chi connectivity index (χ1n) is 14.8. The molecule has 248 valence electrons. The van der Waals surface area contributed by atoms with Crippen LogP contribution in [0.25, 0.3) is 0 Å². The molecule has 2 amide bonds. The second kappa shape index (κ2) is 17.0. The van der Waals surface area contributed by atoms with E-state index in [2.05, 4.69) is 0 Å². The molecule has 0 aromatic carbocycles. The first-order valence-corrected chi connectivity index (χ1v) is 14.8. The second-order valence-corrected chi connectivity index (χ2v) is 11.3. The minimum Gasteiger partial charge on any atom is -0.394 e. The van der Waals surface area contributed by atoms with E-state index < -0.39 is 85.6 Å². The summed E-state index contributed by atoms with van der Waals surface area (Å²) < 4.78 is 16.7. The van der Waals surface area contributed by atoms with Gasteiger partial charge < -0.3 is 59.7 Å². The number of unbranched alkanes of at least 4 members (excludes halogenated alkanes) is 2. The SMILES string of the molecule is C[C@@H]1O[C@@H](CCCN(CCCCCC(=O)ON2C(=O)CCC2=O)CCO[C@@H]2O[C@H](CO)[C@@H](O)[C@H](O)[C@@H]2O)[C@@H](O)[C@H](O)[C@@H]1O. The van der Waals surface area contributed by atoms with Crippen LogP contribution in [0.3, 0.4) is 0 Å². The summed E-state index contributed by atoms with van der Waals surface area (Å²) in [6.45, 7) is 2.57. The fraction of sp³-hybridized carbons (Fsp3) is 0.889. The number of carbonyl (C=O) groups is 3. The van der Waals surface area contributed by atoms with E-state index in [4.69, 9.17) is 19.0 Å². The van der Waals surface area contributed by atoms with Crippen molar-refractivity contribution >= 4 is 17.8 Å². The first kappa shape index (κ1) is 35.6. The smallest absolute Gasteiger partial charge is 0.333 e. The van der Waals surface area contributed by atoms with Crippen molar-refractivity contribution in [2.24, 2.45) is 0 Å². The fourth-order valence-corrected chi connectivity index (χ4v) is 5.32. The van der Waals surface area contributed by atoms with Crippen molar-refractivity contribution in [2.75, 3.05) is 32.8 Å². The zero-order chi connectivity index (χ0) is 31.7. The molecular formula is C27H46N2O14. The molecule has 0 aromatic rings. The predicted molar refractivity (Wildman–Crippen MR) is 143 cm³/mol. The lowest BCUT2D eigenvalue weighted by molar-refractivity contribution is -0.301. The highest BCUT2D eigenvalue weighted by atomic mass is 16.7. The van der Waals surface area contributed by atoms with Crippen molar-refractivity contribution in [2.45, 2.75) is 120 Å². The minimum absolute atomic E-state index is 0.0233. The number of rotatable bonds is 16. The second-order valence-electron chi connectivity index (χ2n) is 11.3. The van der Waals surface area contributed by atoms with E-state index in [1.807, 2.05) is 4.90 Å². The minimum atomic E-state index is -1.56. The zero-order valence-electron chi connectivity index (χ0n) is 24.3. The molecule has 3 aliphatic rings. The van der Waals surface area contributed by atoms with E-state index in [9.17, 15) is 50.1 Å². The number of hydrogen-bond acceptors (Lipinski definition) is 15. The lowest BCUT2D eigenvalue weighted by Gasteiger charge is -2.40. The Labute approximate surface area is 249 Å². The van der Waals surface area contributed by atoms with E-state index in [0.29, 0.717) is 56.8 Å². The normalized spacial score (nSPS) is 35.1. The number of ether oxygens (including phenoxy) is 3. The van der Waals surface area contributed by atoms with Crippen LogP contribution < -0.4 is 0 Å². The van der Waals surface area contributed by atoms with Crippen LogP contribution in [-0.4, -0.2) is 158 Å². The average Bonchev–Trinajstić information content (AvgIpc) is 3.30. The fourth-order valence-electron chi connectivity index (χ4n) is 5.32. The summed E-state index contributed by atoms with van der Waals surface area (Å²) in [5, 5.41) is 70.4. The van der Waals surface area contributed by atoms with Gasteiger partial charge >= 0.3 is 5.97 Å². The number of aliphatic hydroxyl groups is 7. The number of hydrogen-bond donors (Lipinski definition) is 7. The summed E-state index contributed by atoms with van der Waals surface area (Å²) >= 11 is 0. The van der Waals surface area contributed by atoms with Gasteiger partial charge in [-0.05, 0) is 45.7 Å². The van der Waals surface area contributed by atoms with Crippen LogP contribution in [0.5, 0.6) is 0 Å². The Bertz CT molecular complexity index is 893. The van der Waals surface area contributed by atoms with Gasteiger partial charge in [0, 0.05) is 25.8 Å². The summed E-state index contributed by atoms with van der Waals surface area (Å²) in [4.78, 5) is 42.1. The van der Waals surface area contributed by atoms with Gasteiger partial charge in [0.25, 0.3) is 11.8 Å². The number of imide groups is 1. The van der Waals surface area contributed by atoms with Crippen molar-refractivity contribution in [1.82, 2.24) is 9.96 Å². The van der Waals surface area contributed by atoms with Gasteiger partial charge in [-0.2, -0.15) is 0 Å². The molecule has 3 rings (SSSR count). The molecule has 0 unspecified atom stereocenters. The standard InChI is InChI=1S/C27H46N2O14/c1-15-21(34)24(37)22(35)16(41-15)6-5-11-28(12-13-40-27-26(39)25(38)23(36)17(14-30)42-27)10-4-2-3-7-20(33)43-29-18(31)8-9-19(29)32/h15-17,21-27,30,34-39H,2-14H2,1H3/t15-,16-,17+,21+,22+,23+,24+,25-,26-,27+/m0/s1. The van der Waals surface area contributed by atoms with Crippen LogP contribution in [0.15, 0.2) is 0 Å². The van der Waals surface area contributed by atoms with Crippen LogP contribution >= 0.6 is 0 Å². The van der Waals surface area contributed by atoms with Crippen molar-refractivity contribution in [3.63, 3.8) is 0 Å². The first-order chi connectivity index (χ1) is 20.4. The summed E-state index contributed by atoms with van der Waals surface area (Å²) in [6, 6.07) is 0. The summed E-state index contributed by atoms with van der Waals surface area (Å²) in [7, 11) is 0. The van der Waals surface area contributed by atoms with Gasteiger partial charge in [0.2, 0.25) is 0 Å². The van der Waals surface area contributed by atoms with Crippen LogP contribution in [-0.2, 0) is 33.4 Å².